The van der Waals surface area contributed by atoms with Crippen molar-refractivity contribution in [3.63, 3.8) is 0 Å². The second-order valence-corrected chi connectivity index (χ2v) is 4.95. The van der Waals surface area contributed by atoms with Crippen molar-refractivity contribution in [1.29, 1.82) is 0 Å². The predicted octanol–water partition coefficient (Wildman–Crippen LogP) is 3.73. The van der Waals surface area contributed by atoms with E-state index in [1.54, 1.807) is 0 Å². The van der Waals surface area contributed by atoms with Gasteiger partial charge in [0.15, 0.2) is 0 Å². The van der Waals surface area contributed by atoms with Crippen LogP contribution in [0.1, 0.15) is 37.7 Å². The van der Waals surface area contributed by atoms with Crippen LogP contribution in [0.15, 0.2) is 43.0 Å². The van der Waals surface area contributed by atoms with Crippen LogP contribution in [-0.4, -0.2) is 12.6 Å². The van der Waals surface area contributed by atoms with Crippen LogP contribution in [0.3, 0.4) is 0 Å². The molecule has 1 heteroatoms. The number of nitrogens with one attached hydrogen (secondary N) is 1. The van der Waals surface area contributed by atoms with Gasteiger partial charge in [0.2, 0.25) is 0 Å². The monoisotopic (exact) mass is 229 g/mol. The van der Waals surface area contributed by atoms with Crippen molar-refractivity contribution in [3.05, 3.63) is 48.6 Å². The zero-order chi connectivity index (χ0) is 12.1. The molecule has 1 saturated carbocycles. The van der Waals surface area contributed by atoms with Gasteiger partial charge in [-0.3, -0.25) is 0 Å². The first kappa shape index (κ1) is 12.4. The van der Waals surface area contributed by atoms with Gasteiger partial charge in [-0.05, 0) is 43.2 Å². The minimum Gasteiger partial charge on any atom is -0.314 e. The summed E-state index contributed by atoms with van der Waals surface area (Å²) < 4.78 is 0. The molecule has 1 nitrogen and oxygen atoms in total. The van der Waals surface area contributed by atoms with Gasteiger partial charge in [0.1, 0.15) is 0 Å². The van der Waals surface area contributed by atoms with Crippen molar-refractivity contribution in [2.75, 3.05) is 6.54 Å². The van der Waals surface area contributed by atoms with Crippen molar-refractivity contribution < 1.29 is 0 Å². The maximum atomic E-state index is 3.82. The maximum absolute atomic E-state index is 3.82. The van der Waals surface area contributed by atoms with E-state index < -0.39 is 0 Å². The second kappa shape index (κ2) is 6.02. The van der Waals surface area contributed by atoms with Crippen molar-refractivity contribution in [3.8, 4) is 0 Å². The Bertz CT molecular complexity index is 344. The van der Waals surface area contributed by atoms with Gasteiger partial charge in [0.25, 0.3) is 0 Å². The summed E-state index contributed by atoms with van der Waals surface area (Å²) in [7, 11) is 0. The van der Waals surface area contributed by atoms with Crippen LogP contribution in [0.5, 0.6) is 0 Å². The van der Waals surface area contributed by atoms with Gasteiger partial charge in [0, 0.05) is 6.04 Å². The van der Waals surface area contributed by atoms with Crippen LogP contribution in [0.4, 0.5) is 0 Å². The summed E-state index contributed by atoms with van der Waals surface area (Å²) in [6, 6.07) is 11.6. The van der Waals surface area contributed by atoms with Gasteiger partial charge in [0.05, 0.1) is 0 Å². The van der Waals surface area contributed by atoms with E-state index in [0.717, 1.165) is 24.8 Å². The van der Waals surface area contributed by atoms with Crippen molar-refractivity contribution in [2.45, 2.75) is 38.1 Å². The molecule has 0 radical (unpaired) electrons. The average Bonchev–Trinajstić information content (AvgIpc) is 3.16. The molecule has 3 unspecified atom stereocenters. The largest absolute Gasteiger partial charge is 0.314 e. The molecule has 1 N–H and O–H groups in total. The Kier molecular flexibility index (Phi) is 4.38. The van der Waals surface area contributed by atoms with Gasteiger partial charge in [-0.2, -0.15) is 0 Å². The summed E-state index contributed by atoms with van der Waals surface area (Å²) in [6.45, 7) is 7.09. The summed E-state index contributed by atoms with van der Waals surface area (Å²) in [4.78, 5) is 0. The highest BCUT2D eigenvalue weighted by molar-refractivity contribution is 5.26. The predicted molar refractivity (Wildman–Crippen MR) is 74.2 cm³/mol. The van der Waals surface area contributed by atoms with Crippen molar-refractivity contribution >= 4 is 0 Å². The molecule has 1 aliphatic carbocycles. The fourth-order valence-corrected chi connectivity index (χ4v) is 2.77. The molecular formula is C16H23N. The van der Waals surface area contributed by atoms with Gasteiger partial charge < -0.3 is 5.32 Å². The molecule has 3 atom stereocenters. The molecule has 17 heavy (non-hydrogen) atoms. The third kappa shape index (κ3) is 3.19. The molecule has 1 aromatic carbocycles. The van der Waals surface area contributed by atoms with Crippen LogP contribution in [0.25, 0.3) is 0 Å². The SMILES string of the molecule is C=CCCC(NCC)C1CC1c1ccccc1. The highest BCUT2D eigenvalue weighted by atomic mass is 14.9. The zero-order valence-electron chi connectivity index (χ0n) is 10.7. The molecular weight excluding hydrogens is 206 g/mol. The highest BCUT2D eigenvalue weighted by Crippen LogP contribution is 2.50. The molecule has 1 aromatic rings. The third-order valence-electron chi connectivity index (χ3n) is 3.73. The summed E-state index contributed by atoms with van der Waals surface area (Å²) in [6.07, 6.45) is 5.73. The van der Waals surface area contributed by atoms with Crippen molar-refractivity contribution in [1.82, 2.24) is 5.32 Å². The molecule has 0 bridgehead atoms. The lowest BCUT2D eigenvalue weighted by Gasteiger charge is -2.17. The molecule has 0 aliphatic heterocycles. The number of hydrogen-bond acceptors (Lipinski definition) is 1. The first-order chi connectivity index (χ1) is 8.36. The Hall–Kier alpha value is -1.08. The fraction of sp³-hybridized carbons (Fsp3) is 0.500. The normalized spacial score (nSPS) is 24.3. The van der Waals surface area contributed by atoms with E-state index >= 15 is 0 Å². The zero-order valence-corrected chi connectivity index (χ0v) is 10.7. The van der Waals surface area contributed by atoms with Gasteiger partial charge >= 0.3 is 0 Å². The quantitative estimate of drug-likeness (QED) is 0.702. The Labute approximate surface area is 105 Å². The standard InChI is InChI=1S/C16H23N/c1-3-5-11-16(17-4-2)15-12-14(15)13-9-7-6-8-10-13/h3,6-10,14-17H,1,4-5,11-12H2,2H3. The maximum Gasteiger partial charge on any atom is 0.0104 e. The van der Waals surface area contributed by atoms with Crippen LogP contribution in [0, 0.1) is 5.92 Å². The number of allylic oxidation sites excluding steroid dienone is 1. The van der Waals surface area contributed by atoms with Gasteiger partial charge in [-0.15, -0.1) is 6.58 Å². The Balaban J connectivity index is 1.92. The average molecular weight is 229 g/mol. The van der Waals surface area contributed by atoms with Crippen LogP contribution >= 0.6 is 0 Å². The summed E-state index contributed by atoms with van der Waals surface area (Å²) in [5, 5.41) is 3.63. The molecule has 0 aromatic heterocycles. The van der Waals surface area contributed by atoms with Crippen molar-refractivity contribution in [2.24, 2.45) is 5.92 Å². The minimum atomic E-state index is 0.670. The topological polar surface area (TPSA) is 12.0 Å². The number of benzene rings is 1. The number of rotatable bonds is 7. The van der Waals surface area contributed by atoms with Gasteiger partial charge in [-0.25, -0.2) is 0 Å². The second-order valence-electron chi connectivity index (χ2n) is 4.95. The lowest BCUT2D eigenvalue weighted by molar-refractivity contribution is 0.442. The van der Waals surface area contributed by atoms with E-state index in [0.29, 0.717) is 6.04 Å². The molecule has 2 rings (SSSR count). The molecule has 1 fully saturated rings. The first-order valence-electron chi connectivity index (χ1n) is 6.76. The third-order valence-corrected chi connectivity index (χ3v) is 3.73. The lowest BCUT2D eigenvalue weighted by Crippen LogP contribution is -2.31. The summed E-state index contributed by atoms with van der Waals surface area (Å²) in [5.41, 5.74) is 1.51. The van der Waals surface area contributed by atoms with E-state index in [9.17, 15) is 0 Å². The molecule has 92 valence electrons. The lowest BCUT2D eigenvalue weighted by atomic mass is 10.0. The smallest absolute Gasteiger partial charge is 0.0104 e. The van der Waals surface area contributed by atoms with E-state index in [1.807, 2.05) is 6.08 Å². The van der Waals surface area contributed by atoms with Crippen LogP contribution < -0.4 is 5.32 Å². The molecule has 1 aliphatic rings. The molecule has 0 amide bonds. The summed E-state index contributed by atoms with van der Waals surface area (Å²) >= 11 is 0. The Morgan fingerprint density at radius 1 is 1.41 bits per heavy atom. The number of hydrogen-bond donors (Lipinski definition) is 1. The Morgan fingerprint density at radius 3 is 2.82 bits per heavy atom. The van der Waals surface area contributed by atoms with E-state index in [4.69, 9.17) is 0 Å². The summed E-state index contributed by atoms with van der Waals surface area (Å²) in [5.74, 6) is 1.61. The Morgan fingerprint density at radius 2 is 2.18 bits per heavy atom. The van der Waals surface area contributed by atoms with E-state index in [2.05, 4.69) is 49.2 Å². The fourth-order valence-electron chi connectivity index (χ4n) is 2.77. The van der Waals surface area contributed by atoms with Crippen LogP contribution in [0.2, 0.25) is 0 Å². The molecule has 0 heterocycles. The molecule has 0 saturated heterocycles. The van der Waals surface area contributed by atoms with Crippen LogP contribution in [-0.2, 0) is 0 Å². The minimum absolute atomic E-state index is 0.670. The van der Waals surface area contributed by atoms with E-state index in [-0.39, 0.29) is 0 Å². The molecule has 0 spiro atoms. The highest BCUT2D eigenvalue weighted by Gasteiger charge is 2.42. The first-order valence-corrected chi connectivity index (χ1v) is 6.76. The van der Waals surface area contributed by atoms with E-state index in [1.165, 1.54) is 18.4 Å². The van der Waals surface area contributed by atoms with Gasteiger partial charge in [-0.1, -0.05) is 43.3 Å².